The summed E-state index contributed by atoms with van der Waals surface area (Å²) in [5.41, 5.74) is 1.00. The number of nitro benzene ring substituents is 1. The predicted octanol–water partition coefficient (Wildman–Crippen LogP) is 4.28. The molecule has 0 fully saturated rings. The first-order chi connectivity index (χ1) is 9.45. The van der Waals surface area contributed by atoms with Crippen LogP contribution in [0.25, 0.3) is 0 Å². The molecule has 0 aliphatic heterocycles. The highest BCUT2D eigenvalue weighted by atomic mass is 35.5. The zero-order chi connectivity index (χ0) is 14.8. The lowest BCUT2D eigenvalue weighted by Crippen LogP contribution is -2.12. The van der Waals surface area contributed by atoms with Crippen molar-refractivity contribution in [2.24, 2.45) is 0 Å². The van der Waals surface area contributed by atoms with E-state index >= 15 is 0 Å². The highest BCUT2D eigenvalue weighted by Crippen LogP contribution is 2.42. The second-order valence-corrected chi connectivity index (χ2v) is 5.44. The number of hydrogen-bond acceptors (Lipinski definition) is 3. The number of rotatable bonds is 4. The second-order valence-electron chi connectivity index (χ2n) is 4.11. The van der Waals surface area contributed by atoms with Gasteiger partial charge in [-0.1, -0.05) is 47.5 Å². The van der Waals surface area contributed by atoms with Gasteiger partial charge < -0.3 is 4.74 Å². The number of methoxy groups -OCH3 is 1. The molecule has 0 aromatic heterocycles. The summed E-state index contributed by atoms with van der Waals surface area (Å²) in [6, 6.07) is 12.9. The van der Waals surface area contributed by atoms with Gasteiger partial charge in [0.15, 0.2) is 4.33 Å². The van der Waals surface area contributed by atoms with Crippen LogP contribution >= 0.6 is 23.2 Å². The van der Waals surface area contributed by atoms with Crippen LogP contribution in [0.4, 0.5) is 5.69 Å². The van der Waals surface area contributed by atoms with Crippen LogP contribution in [-0.2, 0) is 4.33 Å². The van der Waals surface area contributed by atoms with Crippen molar-refractivity contribution in [1.29, 1.82) is 0 Å². The van der Waals surface area contributed by atoms with Crippen LogP contribution in [0.15, 0.2) is 48.5 Å². The third-order valence-electron chi connectivity index (χ3n) is 2.87. The fourth-order valence-corrected chi connectivity index (χ4v) is 2.27. The Morgan fingerprint density at radius 1 is 1.10 bits per heavy atom. The number of hydrogen-bond donors (Lipinski definition) is 0. The van der Waals surface area contributed by atoms with Crippen molar-refractivity contribution in [3.05, 3.63) is 69.8 Å². The van der Waals surface area contributed by atoms with Gasteiger partial charge in [-0.15, -0.1) is 0 Å². The predicted molar refractivity (Wildman–Crippen MR) is 78.6 cm³/mol. The Labute approximate surface area is 126 Å². The fraction of sp³-hybridized carbons (Fsp3) is 0.143. The van der Waals surface area contributed by atoms with Gasteiger partial charge >= 0.3 is 0 Å². The molecule has 0 saturated carbocycles. The van der Waals surface area contributed by atoms with Crippen LogP contribution in [0.1, 0.15) is 11.1 Å². The maximum Gasteiger partial charge on any atom is 0.269 e. The first kappa shape index (κ1) is 14.6. The van der Waals surface area contributed by atoms with Crippen LogP contribution in [0.5, 0.6) is 5.75 Å². The number of nitro groups is 1. The van der Waals surface area contributed by atoms with E-state index in [-0.39, 0.29) is 5.69 Å². The number of nitrogens with zero attached hydrogens (tertiary/aromatic N) is 1. The van der Waals surface area contributed by atoms with E-state index < -0.39 is 9.26 Å². The van der Waals surface area contributed by atoms with Gasteiger partial charge in [0.25, 0.3) is 5.69 Å². The molecule has 0 atom stereocenters. The Balaban J connectivity index is 2.42. The van der Waals surface area contributed by atoms with Crippen LogP contribution in [-0.4, -0.2) is 12.0 Å². The van der Waals surface area contributed by atoms with Crippen molar-refractivity contribution >= 4 is 28.9 Å². The lowest BCUT2D eigenvalue weighted by molar-refractivity contribution is -0.384. The average Bonchev–Trinajstić information content (AvgIpc) is 2.47. The number of halogens is 2. The highest BCUT2D eigenvalue weighted by molar-refractivity contribution is 6.50. The second kappa shape index (κ2) is 5.69. The molecule has 104 valence electrons. The zero-order valence-corrected chi connectivity index (χ0v) is 12.1. The highest BCUT2D eigenvalue weighted by Gasteiger charge is 2.30. The van der Waals surface area contributed by atoms with E-state index in [1.165, 1.54) is 12.1 Å². The Bertz CT molecular complexity index is 627. The van der Waals surface area contributed by atoms with Gasteiger partial charge in [0.05, 0.1) is 12.0 Å². The Kier molecular flexibility index (Phi) is 4.16. The molecule has 2 rings (SSSR count). The first-order valence-electron chi connectivity index (χ1n) is 5.72. The molecule has 0 radical (unpaired) electrons. The van der Waals surface area contributed by atoms with E-state index in [2.05, 4.69) is 0 Å². The Morgan fingerprint density at radius 2 is 1.75 bits per heavy atom. The van der Waals surface area contributed by atoms with Gasteiger partial charge in [0.1, 0.15) is 5.75 Å². The molecule has 0 aliphatic carbocycles. The van der Waals surface area contributed by atoms with E-state index in [4.69, 9.17) is 27.9 Å². The van der Waals surface area contributed by atoms with Gasteiger partial charge in [0.2, 0.25) is 0 Å². The molecule has 0 aliphatic rings. The van der Waals surface area contributed by atoms with Gasteiger partial charge in [-0.25, -0.2) is 0 Å². The smallest absolute Gasteiger partial charge is 0.269 e. The van der Waals surface area contributed by atoms with Crippen LogP contribution in [0.3, 0.4) is 0 Å². The van der Waals surface area contributed by atoms with Crippen molar-refractivity contribution in [3.8, 4) is 5.75 Å². The van der Waals surface area contributed by atoms with Gasteiger partial charge in [-0.05, 0) is 23.3 Å². The van der Waals surface area contributed by atoms with Gasteiger partial charge in [-0.3, -0.25) is 10.1 Å². The summed E-state index contributed by atoms with van der Waals surface area (Å²) in [7, 11) is 1.56. The van der Waals surface area contributed by atoms with E-state index in [1.54, 1.807) is 43.5 Å². The minimum Gasteiger partial charge on any atom is -0.497 e. The summed E-state index contributed by atoms with van der Waals surface area (Å²) in [4.78, 5) is 10.3. The van der Waals surface area contributed by atoms with Crippen molar-refractivity contribution < 1.29 is 9.66 Å². The van der Waals surface area contributed by atoms with Crippen molar-refractivity contribution in [1.82, 2.24) is 0 Å². The molecule has 0 heterocycles. The molecule has 0 spiro atoms. The Hall–Kier alpha value is -1.78. The molecule has 6 heteroatoms. The minimum absolute atomic E-state index is 0.0540. The molecule has 0 amide bonds. The van der Waals surface area contributed by atoms with Crippen LogP contribution in [0, 0.1) is 10.1 Å². The fourth-order valence-electron chi connectivity index (χ4n) is 1.78. The maximum absolute atomic E-state index is 10.8. The third kappa shape index (κ3) is 2.86. The molecule has 4 nitrogen and oxygen atoms in total. The van der Waals surface area contributed by atoms with Crippen molar-refractivity contribution in [3.63, 3.8) is 0 Å². The number of alkyl halides is 2. The van der Waals surface area contributed by atoms with Crippen molar-refractivity contribution in [2.75, 3.05) is 7.11 Å². The molecule has 2 aromatic rings. The van der Waals surface area contributed by atoms with E-state index in [1.807, 2.05) is 0 Å². The standard InChI is InChI=1S/C14H11Cl2NO3/c1-20-13-7-5-10(6-8-13)14(15,16)11-3-2-4-12(9-11)17(18)19/h2-9H,1H3. The molecule has 0 saturated heterocycles. The summed E-state index contributed by atoms with van der Waals surface area (Å²) in [5, 5.41) is 10.8. The molecule has 0 bridgehead atoms. The van der Waals surface area contributed by atoms with Gasteiger partial charge in [0, 0.05) is 12.1 Å². The third-order valence-corrected chi connectivity index (χ3v) is 3.74. The van der Waals surface area contributed by atoms with Crippen LogP contribution in [0.2, 0.25) is 0 Å². The quantitative estimate of drug-likeness (QED) is 0.481. The monoisotopic (exact) mass is 311 g/mol. The normalized spacial score (nSPS) is 11.2. The first-order valence-corrected chi connectivity index (χ1v) is 6.48. The van der Waals surface area contributed by atoms with E-state index in [9.17, 15) is 10.1 Å². The topological polar surface area (TPSA) is 52.4 Å². The van der Waals surface area contributed by atoms with Crippen molar-refractivity contribution in [2.45, 2.75) is 4.33 Å². The minimum atomic E-state index is -1.36. The summed E-state index contributed by atoms with van der Waals surface area (Å²) in [6.45, 7) is 0. The number of non-ortho nitro benzene ring substituents is 1. The molecular formula is C14H11Cl2NO3. The van der Waals surface area contributed by atoms with Crippen LogP contribution < -0.4 is 4.74 Å². The molecule has 20 heavy (non-hydrogen) atoms. The molecular weight excluding hydrogens is 301 g/mol. The summed E-state index contributed by atoms with van der Waals surface area (Å²) < 4.78 is 3.70. The van der Waals surface area contributed by atoms with Gasteiger partial charge in [-0.2, -0.15) is 0 Å². The molecule has 0 N–H and O–H groups in total. The lowest BCUT2D eigenvalue weighted by atomic mass is 10.0. The largest absolute Gasteiger partial charge is 0.497 e. The summed E-state index contributed by atoms with van der Waals surface area (Å²) >= 11 is 12.7. The number of benzene rings is 2. The summed E-state index contributed by atoms with van der Waals surface area (Å²) in [5.74, 6) is 0.678. The maximum atomic E-state index is 10.8. The average molecular weight is 312 g/mol. The zero-order valence-electron chi connectivity index (χ0n) is 10.5. The van der Waals surface area contributed by atoms with E-state index in [0.29, 0.717) is 16.9 Å². The molecule has 2 aromatic carbocycles. The summed E-state index contributed by atoms with van der Waals surface area (Å²) in [6.07, 6.45) is 0. The number of ether oxygens (including phenoxy) is 1. The van der Waals surface area contributed by atoms with E-state index in [0.717, 1.165) is 0 Å². The lowest BCUT2D eigenvalue weighted by Gasteiger charge is -2.20. The molecule has 0 unspecified atom stereocenters. The SMILES string of the molecule is COc1ccc(C(Cl)(Cl)c2cccc([N+](=O)[O-])c2)cc1. The Morgan fingerprint density at radius 3 is 2.30 bits per heavy atom.